The fraction of sp³-hybridized carbons (Fsp3) is 0.333. The van der Waals surface area contributed by atoms with E-state index >= 15 is 0 Å². The normalized spacial score (nSPS) is 10.9. The van der Waals surface area contributed by atoms with Gasteiger partial charge in [-0.05, 0) is 32.0 Å². The molecule has 0 aromatic heterocycles. The van der Waals surface area contributed by atoms with E-state index in [1.807, 2.05) is 0 Å². The first kappa shape index (κ1) is 14.5. The molecule has 0 radical (unpaired) electrons. The van der Waals surface area contributed by atoms with Crippen LogP contribution in [0.15, 0.2) is 18.2 Å². The first-order valence-corrected chi connectivity index (χ1v) is 6.82. The molecule has 0 atom stereocenters. The van der Waals surface area contributed by atoms with Crippen LogP contribution in [-0.2, 0) is 10.0 Å². The van der Waals surface area contributed by atoms with Crippen molar-refractivity contribution in [3.8, 4) is 11.8 Å². The first-order chi connectivity index (χ1) is 8.36. The molecule has 0 bridgehead atoms. The zero-order valence-corrected chi connectivity index (χ0v) is 10.9. The Morgan fingerprint density at radius 3 is 2.61 bits per heavy atom. The number of halogens is 1. The second-order valence-electron chi connectivity index (χ2n) is 3.85. The topological polar surface area (TPSA) is 66.4 Å². The van der Waals surface area contributed by atoms with Crippen LogP contribution in [0.4, 0.5) is 10.1 Å². The third kappa shape index (κ3) is 3.72. The average Bonchev–Trinajstić information content (AvgIpc) is 2.27. The van der Waals surface area contributed by atoms with Gasteiger partial charge in [-0.15, -0.1) is 0 Å². The molecule has 18 heavy (non-hydrogen) atoms. The Kier molecular flexibility index (Phi) is 4.70. The summed E-state index contributed by atoms with van der Waals surface area (Å²) in [5, 5.41) is 7.90. The lowest BCUT2D eigenvalue weighted by Gasteiger charge is -2.10. The maximum atomic E-state index is 13.5. The van der Waals surface area contributed by atoms with Gasteiger partial charge in [0.2, 0.25) is 10.0 Å². The summed E-state index contributed by atoms with van der Waals surface area (Å²) in [4.78, 5) is 0. The van der Waals surface area contributed by atoms with Crippen molar-refractivity contribution in [3.63, 3.8) is 0 Å². The molecule has 2 N–H and O–H groups in total. The molecular formula is C12H14FNO3S. The molecule has 0 fully saturated rings. The first-order valence-electron chi connectivity index (χ1n) is 5.27. The molecule has 0 spiro atoms. The van der Waals surface area contributed by atoms with Gasteiger partial charge in [0.15, 0.2) is 0 Å². The molecule has 1 aromatic rings. The third-order valence-corrected chi connectivity index (χ3v) is 3.91. The van der Waals surface area contributed by atoms with Gasteiger partial charge >= 0.3 is 0 Å². The highest BCUT2D eigenvalue weighted by Crippen LogP contribution is 2.16. The standard InChI is InChI=1S/C12H14FNO3S/c1-9(2)18(16,17)14-11-6-5-10(4-3-7-15)12(13)8-11/h5-6,8-9,14-15H,7H2,1-2H3. The predicted molar refractivity (Wildman–Crippen MR) is 68.0 cm³/mol. The van der Waals surface area contributed by atoms with Crippen molar-refractivity contribution in [2.24, 2.45) is 0 Å². The van der Waals surface area contributed by atoms with Gasteiger partial charge in [-0.25, -0.2) is 12.8 Å². The number of aliphatic hydroxyl groups excluding tert-OH is 1. The second-order valence-corrected chi connectivity index (χ2v) is 6.09. The predicted octanol–water partition coefficient (Wildman–Crippen LogP) is 1.32. The summed E-state index contributed by atoms with van der Waals surface area (Å²) in [6, 6.07) is 3.84. The monoisotopic (exact) mass is 271 g/mol. The van der Waals surface area contributed by atoms with Gasteiger partial charge < -0.3 is 5.11 Å². The van der Waals surface area contributed by atoms with Crippen molar-refractivity contribution in [1.29, 1.82) is 0 Å². The number of aliphatic hydroxyl groups is 1. The number of nitrogens with one attached hydrogen (secondary N) is 1. The van der Waals surface area contributed by atoms with Crippen LogP contribution in [0.2, 0.25) is 0 Å². The van der Waals surface area contributed by atoms with Crippen molar-refractivity contribution < 1.29 is 17.9 Å². The van der Waals surface area contributed by atoms with Gasteiger partial charge in [-0.3, -0.25) is 4.72 Å². The molecule has 1 aromatic carbocycles. The Hall–Kier alpha value is -1.58. The number of hydrogen-bond donors (Lipinski definition) is 2. The van der Waals surface area contributed by atoms with Gasteiger partial charge in [-0.2, -0.15) is 0 Å². The van der Waals surface area contributed by atoms with E-state index in [0.29, 0.717) is 0 Å². The lowest BCUT2D eigenvalue weighted by atomic mass is 10.2. The van der Waals surface area contributed by atoms with Gasteiger partial charge in [0.1, 0.15) is 12.4 Å². The van der Waals surface area contributed by atoms with Crippen molar-refractivity contribution in [2.75, 3.05) is 11.3 Å². The van der Waals surface area contributed by atoms with Gasteiger partial charge in [0.05, 0.1) is 16.5 Å². The number of benzene rings is 1. The molecule has 0 unspecified atom stereocenters. The number of sulfonamides is 1. The van der Waals surface area contributed by atoms with Crippen molar-refractivity contribution >= 4 is 15.7 Å². The van der Waals surface area contributed by atoms with Gasteiger partial charge in [-0.1, -0.05) is 11.8 Å². The summed E-state index contributed by atoms with van der Waals surface area (Å²) < 4.78 is 39.0. The highest BCUT2D eigenvalue weighted by molar-refractivity contribution is 7.93. The third-order valence-electron chi connectivity index (χ3n) is 2.15. The zero-order chi connectivity index (χ0) is 13.8. The zero-order valence-electron chi connectivity index (χ0n) is 10.1. The summed E-state index contributed by atoms with van der Waals surface area (Å²) in [6.45, 7) is 2.70. The van der Waals surface area contributed by atoms with Crippen molar-refractivity contribution in [3.05, 3.63) is 29.6 Å². The quantitative estimate of drug-likeness (QED) is 0.815. The van der Waals surface area contributed by atoms with Crippen LogP contribution in [0, 0.1) is 17.7 Å². The van der Waals surface area contributed by atoms with E-state index in [1.54, 1.807) is 0 Å². The van der Waals surface area contributed by atoms with Crippen LogP contribution in [-0.4, -0.2) is 25.4 Å². The molecule has 0 aliphatic carbocycles. The maximum Gasteiger partial charge on any atom is 0.235 e. The molecule has 6 heteroatoms. The van der Waals surface area contributed by atoms with Crippen LogP contribution in [0.3, 0.4) is 0 Å². The molecule has 0 aliphatic heterocycles. The smallest absolute Gasteiger partial charge is 0.235 e. The minimum absolute atomic E-state index is 0.108. The molecule has 0 saturated heterocycles. The molecule has 0 amide bonds. The van der Waals surface area contributed by atoms with Gasteiger partial charge in [0, 0.05) is 0 Å². The van der Waals surface area contributed by atoms with Gasteiger partial charge in [0.25, 0.3) is 0 Å². The molecule has 0 aliphatic rings. The van der Waals surface area contributed by atoms with E-state index in [2.05, 4.69) is 16.6 Å². The van der Waals surface area contributed by atoms with E-state index in [9.17, 15) is 12.8 Å². The summed E-state index contributed by atoms with van der Waals surface area (Å²) in [5.74, 6) is 4.10. The van der Waals surface area contributed by atoms with Crippen molar-refractivity contribution in [1.82, 2.24) is 0 Å². The van der Waals surface area contributed by atoms with Crippen LogP contribution in [0.25, 0.3) is 0 Å². The largest absolute Gasteiger partial charge is 0.384 e. The Morgan fingerprint density at radius 2 is 2.11 bits per heavy atom. The Bertz CT molecular complexity index is 585. The average molecular weight is 271 g/mol. The van der Waals surface area contributed by atoms with Crippen LogP contribution in [0.5, 0.6) is 0 Å². The number of hydrogen-bond acceptors (Lipinski definition) is 3. The molecular weight excluding hydrogens is 257 g/mol. The number of rotatable bonds is 3. The molecule has 0 saturated carbocycles. The van der Waals surface area contributed by atoms with E-state index in [-0.39, 0.29) is 17.9 Å². The lowest BCUT2D eigenvalue weighted by molar-refractivity contribution is 0.350. The Labute approximate surface area is 106 Å². The Morgan fingerprint density at radius 1 is 1.44 bits per heavy atom. The lowest BCUT2D eigenvalue weighted by Crippen LogP contribution is -2.22. The Balaban J connectivity index is 2.99. The van der Waals surface area contributed by atoms with Crippen LogP contribution in [0.1, 0.15) is 19.4 Å². The van der Waals surface area contributed by atoms with E-state index in [4.69, 9.17) is 5.11 Å². The SMILES string of the molecule is CC(C)S(=O)(=O)Nc1ccc(C#CCO)c(F)c1. The summed E-state index contributed by atoms with van der Waals surface area (Å²) in [7, 11) is -3.49. The minimum Gasteiger partial charge on any atom is -0.384 e. The van der Waals surface area contributed by atoms with Crippen LogP contribution >= 0.6 is 0 Å². The van der Waals surface area contributed by atoms with Crippen LogP contribution < -0.4 is 4.72 Å². The van der Waals surface area contributed by atoms with E-state index in [1.165, 1.54) is 26.0 Å². The fourth-order valence-corrected chi connectivity index (χ4v) is 1.79. The molecule has 98 valence electrons. The van der Waals surface area contributed by atoms with Crippen molar-refractivity contribution in [2.45, 2.75) is 19.1 Å². The molecule has 4 nitrogen and oxygen atoms in total. The molecule has 1 rings (SSSR count). The van der Waals surface area contributed by atoms with E-state index in [0.717, 1.165) is 6.07 Å². The maximum absolute atomic E-state index is 13.5. The summed E-state index contributed by atoms with van der Waals surface area (Å²) in [6.07, 6.45) is 0. The second kappa shape index (κ2) is 5.85. The highest BCUT2D eigenvalue weighted by Gasteiger charge is 2.16. The summed E-state index contributed by atoms with van der Waals surface area (Å²) in [5.41, 5.74) is 0.257. The fourth-order valence-electron chi connectivity index (χ4n) is 1.10. The number of anilines is 1. The van der Waals surface area contributed by atoms with E-state index < -0.39 is 21.1 Å². The highest BCUT2D eigenvalue weighted by atomic mass is 32.2. The molecule has 0 heterocycles. The minimum atomic E-state index is -3.49. The summed E-state index contributed by atoms with van der Waals surface area (Å²) >= 11 is 0.